The van der Waals surface area contributed by atoms with Crippen LogP contribution in [0.25, 0.3) is 0 Å². The molecule has 0 aliphatic heterocycles. The summed E-state index contributed by atoms with van der Waals surface area (Å²) in [6.07, 6.45) is 0. The second-order valence-electron chi connectivity index (χ2n) is 7.91. The molecule has 38 heavy (non-hydrogen) atoms. The standard InChI is InChI=1S/C25H20Cl2N4O6S/c1-14-6-19(38(35,36)30-12-23(29)32)3-4-21(14)31-24(33)13-37-22-5-2-17(26)10-20(22)25(34)16-7-15(11-28)8-18(27)9-16/h2-10,30H,12-13H2,1H3,(H2,29,32)(H,31,33). The summed E-state index contributed by atoms with van der Waals surface area (Å²) in [6, 6.07) is 14.4. The van der Waals surface area contributed by atoms with Crippen molar-refractivity contribution in [1.29, 1.82) is 5.26 Å². The van der Waals surface area contributed by atoms with Crippen LogP contribution in [0.5, 0.6) is 5.75 Å². The monoisotopic (exact) mass is 574 g/mol. The third-order valence-electron chi connectivity index (χ3n) is 5.05. The molecule has 0 atom stereocenters. The van der Waals surface area contributed by atoms with Crippen molar-refractivity contribution in [3.8, 4) is 11.8 Å². The van der Waals surface area contributed by atoms with Crippen molar-refractivity contribution < 1.29 is 27.5 Å². The Morgan fingerprint density at radius 3 is 2.42 bits per heavy atom. The fourth-order valence-corrected chi connectivity index (χ4v) is 4.75. The van der Waals surface area contributed by atoms with Gasteiger partial charge in [-0.25, -0.2) is 13.1 Å². The van der Waals surface area contributed by atoms with Gasteiger partial charge < -0.3 is 15.8 Å². The Hall–Kier alpha value is -3.95. The van der Waals surface area contributed by atoms with Gasteiger partial charge in [0.2, 0.25) is 15.9 Å². The van der Waals surface area contributed by atoms with E-state index in [1.165, 1.54) is 54.6 Å². The summed E-state index contributed by atoms with van der Waals surface area (Å²) in [4.78, 5) is 36.4. The van der Waals surface area contributed by atoms with Crippen molar-refractivity contribution in [3.63, 3.8) is 0 Å². The van der Waals surface area contributed by atoms with Gasteiger partial charge in [0.15, 0.2) is 12.4 Å². The predicted octanol–water partition coefficient (Wildman–Crippen LogP) is 3.19. The minimum atomic E-state index is -3.97. The molecular weight excluding hydrogens is 555 g/mol. The van der Waals surface area contributed by atoms with Crippen LogP contribution in [0.1, 0.15) is 27.0 Å². The molecule has 4 N–H and O–H groups in total. The highest BCUT2D eigenvalue weighted by Gasteiger charge is 2.19. The molecule has 0 saturated heterocycles. The number of nitriles is 1. The van der Waals surface area contributed by atoms with Gasteiger partial charge in [0.25, 0.3) is 5.91 Å². The van der Waals surface area contributed by atoms with E-state index in [1.807, 2.05) is 6.07 Å². The Balaban J connectivity index is 1.74. The van der Waals surface area contributed by atoms with Crippen molar-refractivity contribution >= 4 is 56.5 Å². The molecule has 0 aliphatic rings. The number of anilines is 1. The maximum Gasteiger partial charge on any atom is 0.262 e. The summed E-state index contributed by atoms with van der Waals surface area (Å²) in [5, 5.41) is 12.2. The second kappa shape index (κ2) is 12.1. The van der Waals surface area contributed by atoms with Gasteiger partial charge in [0.1, 0.15) is 5.75 Å². The lowest BCUT2D eigenvalue weighted by Crippen LogP contribution is -2.33. The van der Waals surface area contributed by atoms with Crippen LogP contribution in [0.4, 0.5) is 5.69 Å². The number of nitrogens with two attached hydrogens (primary N) is 1. The lowest BCUT2D eigenvalue weighted by atomic mass is 10.0. The van der Waals surface area contributed by atoms with E-state index in [4.69, 9.17) is 38.9 Å². The Kier molecular flexibility index (Phi) is 9.08. The Morgan fingerprint density at radius 1 is 1.03 bits per heavy atom. The van der Waals surface area contributed by atoms with Crippen LogP contribution in [-0.4, -0.2) is 39.2 Å². The molecule has 13 heteroatoms. The third-order valence-corrected chi connectivity index (χ3v) is 6.90. The number of ketones is 1. The molecule has 0 spiro atoms. The number of primary amides is 1. The number of carbonyl (C=O) groups excluding carboxylic acids is 3. The second-order valence-corrected chi connectivity index (χ2v) is 10.6. The van der Waals surface area contributed by atoms with E-state index in [1.54, 1.807) is 6.92 Å². The van der Waals surface area contributed by atoms with Gasteiger partial charge in [-0.3, -0.25) is 14.4 Å². The molecule has 0 aliphatic carbocycles. The van der Waals surface area contributed by atoms with E-state index >= 15 is 0 Å². The van der Waals surface area contributed by atoms with Crippen molar-refractivity contribution in [3.05, 3.63) is 86.9 Å². The zero-order valence-corrected chi connectivity index (χ0v) is 22.1. The summed E-state index contributed by atoms with van der Waals surface area (Å²) >= 11 is 12.1. The van der Waals surface area contributed by atoms with Gasteiger partial charge in [-0.2, -0.15) is 5.26 Å². The van der Waals surface area contributed by atoms with Gasteiger partial charge >= 0.3 is 0 Å². The fraction of sp³-hybridized carbons (Fsp3) is 0.120. The first-order valence-electron chi connectivity index (χ1n) is 10.8. The molecule has 0 unspecified atom stereocenters. The maximum absolute atomic E-state index is 13.1. The van der Waals surface area contributed by atoms with Crippen molar-refractivity contribution in [1.82, 2.24) is 4.72 Å². The molecule has 0 saturated carbocycles. The molecule has 3 rings (SSSR count). The first-order valence-corrected chi connectivity index (χ1v) is 13.0. The van der Waals surface area contributed by atoms with Crippen molar-refractivity contribution in [2.45, 2.75) is 11.8 Å². The zero-order chi connectivity index (χ0) is 28.0. The zero-order valence-electron chi connectivity index (χ0n) is 19.7. The highest BCUT2D eigenvalue weighted by Crippen LogP contribution is 2.27. The normalized spacial score (nSPS) is 10.9. The molecule has 0 heterocycles. The highest BCUT2D eigenvalue weighted by atomic mass is 35.5. The molecule has 10 nitrogen and oxygen atoms in total. The number of benzene rings is 3. The number of amides is 2. The minimum Gasteiger partial charge on any atom is -0.483 e. The van der Waals surface area contributed by atoms with E-state index in [2.05, 4.69) is 10.0 Å². The van der Waals surface area contributed by atoms with Crippen LogP contribution in [0.2, 0.25) is 10.0 Å². The van der Waals surface area contributed by atoms with E-state index in [0.717, 1.165) is 0 Å². The minimum absolute atomic E-state index is 0.0608. The predicted molar refractivity (Wildman–Crippen MR) is 141 cm³/mol. The third kappa shape index (κ3) is 7.30. The average Bonchev–Trinajstić information content (AvgIpc) is 2.87. The van der Waals surface area contributed by atoms with Gasteiger partial charge in [-0.15, -0.1) is 0 Å². The Bertz CT molecular complexity index is 1590. The van der Waals surface area contributed by atoms with Crippen LogP contribution in [0.15, 0.2) is 59.5 Å². The number of halogens is 2. The summed E-state index contributed by atoms with van der Waals surface area (Å²) in [7, 11) is -3.97. The number of hydrogen-bond acceptors (Lipinski definition) is 7. The summed E-state index contributed by atoms with van der Waals surface area (Å²) in [5.41, 5.74) is 6.12. The van der Waals surface area contributed by atoms with Crippen LogP contribution in [0.3, 0.4) is 0 Å². The summed E-state index contributed by atoms with van der Waals surface area (Å²) < 4.78 is 32.2. The van der Waals surface area contributed by atoms with Crippen LogP contribution >= 0.6 is 23.2 Å². The Morgan fingerprint density at radius 2 is 1.76 bits per heavy atom. The average molecular weight is 575 g/mol. The topological polar surface area (TPSA) is 168 Å². The van der Waals surface area contributed by atoms with Crippen LogP contribution in [0, 0.1) is 18.3 Å². The van der Waals surface area contributed by atoms with E-state index in [9.17, 15) is 22.8 Å². The number of carbonyl (C=O) groups is 3. The largest absolute Gasteiger partial charge is 0.483 e. The first kappa shape index (κ1) is 28.6. The number of sulfonamides is 1. The first-order chi connectivity index (χ1) is 17.9. The van der Waals surface area contributed by atoms with Gasteiger partial charge in [0, 0.05) is 21.3 Å². The molecule has 0 radical (unpaired) electrons. The molecule has 0 aromatic heterocycles. The van der Waals surface area contributed by atoms with Crippen LogP contribution < -0.4 is 20.5 Å². The number of aryl methyl sites for hydroxylation is 1. The number of hydrogen-bond donors (Lipinski definition) is 3. The van der Waals surface area contributed by atoms with Crippen molar-refractivity contribution in [2.24, 2.45) is 5.73 Å². The molecule has 0 bridgehead atoms. The molecular formula is C25H20Cl2N4O6S. The summed E-state index contributed by atoms with van der Waals surface area (Å²) in [5.74, 6) is -1.86. The molecule has 0 fully saturated rings. The lowest BCUT2D eigenvalue weighted by Gasteiger charge is -2.13. The smallest absolute Gasteiger partial charge is 0.262 e. The SMILES string of the molecule is Cc1cc(S(=O)(=O)NCC(N)=O)ccc1NC(=O)COc1ccc(Cl)cc1C(=O)c1cc(Cl)cc(C#N)c1. The number of nitrogens with zero attached hydrogens (tertiary/aromatic N) is 1. The molecule has 2 amide bonds. The number of ether oxygens (including phenoxy) is 1. The lowest BCUT2D eigenvalue weighted by molar-refractivity contribution is -0.118. The van der Waals surface area contributed by atoms with E-state index < -0.39 is 40.8 Å². The molecule has 3 aromatic carbocycles. The quantitative estimate of drug-likeness (QED) is 0.312. The maximum atomic E-state index is 13.1. The van der Waals surface area contributed by atoms with Crippen LogP contribution in [-0.2, 0) is 19.6 Å². The molecule has 196 valence electrons. The van der Waals surface area contributed by atoms with Gasteiger partial charge in [-0.05, 0) is 67.1 Å². The fourth-order valence-electron chi connectivity index (χ4n) is 3.27. The van der Waals surface area contributed by atoms with Crippen molar-refractivity contribution in [2.75, 3.05) is 18.5 Å². The highest BCUT2D eigenvalue weighted by molar-refractivity contribution is 7.89. The number of nitrogens with one attached hydrogen (secondary N) is 2. The van der Waals surface area contributed by atoms with E-state index in [0.29, 0.717) is 11.3 Å². The Labute approximate surface area is 228 Å². The molecule has 3 aromatic rings. The van der Waals surface area contributed by atoms with Gasteiger partial charge in [0.05, 0.1) is 28.6 Å². The summed E-state index contributed by atoms with van der Waals surface area (Å²) in [6.45, 7) is 0.545. The van der Waals surface area contributed by atoms with Gasteiger partial charge in [-0.1, -0.05) is 23.2 Å². The number of rotatable bonds is 10. The van der Waals surface area contributed by atoms with E-state index in [-0.39, 0.29) is 37.4 Å².